The Labute approximate surface area is 182 Å². The molecule has 1 aliphatic heterocycles. The molecule has 1 fully saturated rings. The number of carbonyl (C=O) groups is 2. The smallest absolute Gasteiger partial charge is 0.309 e. The summed E-state index contributed by atoms with van der Waals surface area (Å²) in [6.45, 7) is 4.30. The van der Waals surface area contributed by atoms with Gasteiger partial charge in [0.25, 0.3) is 5.91 Å². The van der Waals surface area contributed by atoms with Crippen LogP contribution in [-0.4, -0.2) is 48.8 Å². The Morgan fingerprint density at radius 2 is 1.87 bits per heavy atom. The van der Waals surface area contributed by atoms with E-state index < -0.39 is 28.0 Å². The van der Waals surface area contributed by atoms with Gasteiger partial charge in [0.1, 0.15) is 4.90 Å². The van der Waals surface area contributed by atoms with Gasteiger partial charge in [-0.3, -0.25) is 14.6 Å². The first kappa shape index (κ1) is 22.9. The second kappa shape index (κ2) is 10.0. The standard InChI is InChI=1S/C22H27N3O5S/c1-16-5-7-18(8-6-16)14-24-21(26)17(2)30-22(27)19-9-12-25(13-10-19)31(28,29)20-4-3-11-23-15-20/h3-8,11,15,17,19H,9-10,12-14H2,1-2H3,(H,24,26). The lowest BCUT2D eigenvalue weighted by molar-refractivity contribution is -0.159. The number of aromatic nitrogens is 1. The minimum absolute atomic E-state index is 0.134. The number of nitrogens with zero attached hydrogens (tertiary/aromatic N) is 2. The van der Waals surface area contributed by atoms with Gasteiger partial charge in [0.05, 0.1) is 5.92 Å². The van der Waals surface area contributed by atoms with Gasteiger partial charge in [-0.1, -0.05) is 29.8 Å². The van der Waals surface area contributed by atoms with E-state index in [1.54, 1.807) is 6.07 Å². The van der Waals surface area contributed by atoms with Gasteiger partial charge in [0, 0.05) is 32.0 Å². The van der Waals surface area contributed by atoms with Gasteiger partial charge >= 0.3 is 5.97 Å². The van der Waals surface area contributed by atoms with E-state index in [1.165, 1.54) is 29.7 Å². The number of aryl methyl sites for hydroxylation is 1. The predicted octanol–water partition coefficient (Wildman–Crippen LogP) is 2.04. The number of benzene rings is 1. The molecule has 1 amide bonds. The van der Waals surface area contributed by atoms with Crippen molar-refractivity contribution < 1.29 is 22.7 Å². The lowest BCUT2D eigenvalue weighted by Crippen LogP contribution is -2.42. The number of ether oxygens (including phenoxy) is 1. The summed E-state index contributed by atoms with van der Waals surface area (Å²) in [5.41, 5.74) is 2.09. The number of hydrogen-bond acceptors (Lipinski definition) is 6. The fourth-order valence-electron chi connectivity index (χ4n) is 3.34. The summed E-state index contributed by atoms with van der Waals surface area (Å²) in [7, 11) is -3.63. The Bertz CT molecular complexity index is 1000. The molecule has 1 aromatic carbocycles. The van der Waals surface area contributed by atoms with Crippen LogP contribution in [0.1, 0.15) is 30.9 Å². The highest BCUT2D eigenvalue weighted by atomic mass is 32.2. The van der Waals surface area contributed by atoms with E-state index in [2.05, 4.69) is 10.3 Å². The van der Waals surface area contributed by atoms with Crippen LogP contribution in [0, 0.1) is 12.8 Å². The third-order valence-electron chi connectivity index (χ3n) is 5.31. The highest BCUT2D eigenvalue weighted by Crippen LogP contribution is 2.24. The summed E-state index contributed by atoms with van der Waals surface area (Å²) in [4.78, 5) is 28.7. The van der Waals surface area contributed by atoms with E-state index in [4.69, 9.17) is 4.74 Å². The number of amides is 1. The minimum Gasteiger partial charge on any atom is -0.452 e. The van der Waals surface area contributed by atoms with Gasteiger partial charge in [-0.05, 0) is 44.4 Å². The Balaban J connectivity index is 1.47. The number of carbonyl (C=O) groups excluding carboxylic acids is 2. The zero-order valence-electron chi connectivity index (χ0n) is 17.7. The van der Waals surface area contributed by atoms with Crippen molar-refractivity contribution in [3.8, 4) is 0 Å². The molecule has 0 bridgehead atoms. The Morgan fingerprint density at radius 1 is 1.19 bits per heavy atom. The fourth-order valence-corrected chi connectivity index (χ4v) is 4.78. The maximum absolute atomic E-state index is 12.7. The SMILES string of the molecule is Cc1ccc(CNC(=O)C(C)OC(=O)C2CCN(S(=O)(=O)c3cccnc3)CC2)cc1. The Hall–Kier alpha value is -2.78. The summed E-state index contributed by atoms with van der Waals surface area (Å²) in [6, 6.07) is 10.9. The van der Waals surface area contributed by atoms with Gasteiger partial charge in [-0.15, -0.1) is 0 Å². The van der Waals surface area contributed by atoms with Crippen LogP contribution in [0.15, 0.2) is 53.7 Å². The number of nitrogens with one attached hydrogen (secondary N) is 1. The Morgan fingerprint density at radius 3 is 2.48 bits per heavy atom. The van der Waals surface area contributed by atoms with E-state index >= 15 is 0 Å². The first-order valence-electron chi connectivity index (χ1n) is 10.2. The van der Waals surface area contributed by atoms with E-state index in [9.17, 15) is 18.0 Å². The molecular formula is C22H27N3O5S. The summed E-state index contributed by atoms with van der Waals surface area (Å²) in [6.07, 6.45) is 2.59. The fraction of sp³-hybridized carbons (Fsp3) is 0.409. The molecule has 1 N–H and O–H groups in total. The molecule has 2 aromatic rings. The molecule has 0 radical (unpaired) electrons. The van der Waals surface area contributed by atoms with Crippen LogP contribution < -0.4 is 5.32 Å². The zero-order valence-corrected chi connectivity index (χ0v) is 18.5. The number of esters is 1. The monoisotopic (exact) mass is 445 g/mol. The van der Waals surface area contributed by atoms with Gasteiger partial charge in [-0.25, -0.2) is 8.42 Å². The molecule has 0 aliphatic carbocycles. The van der Waals surface area contributed by atoms with Crippen molar-refractivity contribution in [2.45, 2.75) is 44.2 Å². The number of sulfonamides is 1. The number of rotatable bonds is 7. The van der Waals surface area contributed by atoms with Crippen LogP contribution in [0.5, 0.6) is 0 Å². The number of hydrogen-bond donors (Lipinski definition) is 1. The molecule has 3 rings (SSSR count). The van der Waals surface area contributed by atoms with Gasteiger partial charge in [-0.2, -0.15) is 4.31 Å². The van der Waals surface area contributed by atoms with Gasteiger partial charge in [0.15, 0.2) is 6.10 Å². The quantitative estimate of drug-likeness (QED) is 0.654. The van der Waals surface area contributed by atoms with E-state index in [0.717, 1.165) is 11.1 Å². The minimum atomic E-state index is -3.63. The van der Waals surface area contributed by atoms with Crippen molar-refractivity contribution in [1.29, 1.82) is 0 Å². The second-order valence-electron chi connectivity index (χ2n) is 7.65. The van der Waals surface area contributed by atoms with Crippen molar-refractivity contribution in [2.24, 2.45) is 5.92 Å². The molecule has 1 unspecified atom stereocenters. The van der Waals surface area contributed by atoms with Gasteiger partial charge in [0.2, 0.25) is 10.0 Å². The first-order valence-corrected chi connectivity index (χ1v) is 11.7. The summed E-state index contributed by atoms with van der Waals surface area (Å²) in [5.74, 6) is -1.28. The van der Waals surface area contributed by atoms with Crippen molar-refractivity contribution >= 4 is 21.9 Å². The summed E-state index contributed by atoms with van der Waals surface area (Å²) >= 11 is 0. The molecule has 1 saturated heterocycles. The summed E-state index contributed by atoms with van der Waals surface area (Å²) < 4.78 is 32.0. The second-order valence-corrected chi connectivity index (χ2v) is 9.59. The molecule has 0 spiro atoms. The van der Waals surface area contributed by atoms with Crippen LogP contribution in [0.3, 0.4) is 0 Å². The molecule has 2 heterocycles. The maximum atomic E-state index is 12.7. The van der Waals surface area contributed by atoms with Crippen LogP contribution in [0.25, 0.3) is 0 Å². The molecular weight excluding hydrogens is 418 g/mol. The average molecular weight is 446 g/mol. The van der Waals surface area contributed by atoms with Crippen molar-refractivity contribution in [1.82, 2.24) is 14.6 Å². The maximum Gasteiger partial charge on any atom is 0.309 e. The lowest BCUT2D eigenvalue weighted by Gasteiger charge is -2.30. The van der Waals surface area contributed by atoms with E-state index in [0.29, 0.717) is 19.4 Å². The molecule has 31 heavy (non-hydrogen) atoms. The highest BCUT2D eigenvalue weighted by Gasteiger charge is 2.34. The number of piperidine rings is 1. The molecule has 8 nitrogen and oxygen atoms in total. The van der Waals surface area contributed by atoms with Gasteiger partial charge < -0.3 is 10.1 Å². The zero-order chi connectivity index (χ0) is 22.4. The van der Waals surface area contributed by atoms with Crippen LogP contribution in [-0.2, 0) is 30.9 Å². The highest BCUT2D eigenvalue weighted by molar-refractivity contribution is 7.89. The average Bonchev–Trinajstić information content (AvgIpc) is 2.79. The largest absolute Gasteiger partial charge is 0.452 e. The number of pyridine rings is 1. The van der Waals surface area contributed by atoms with Crippen molar-refractivity contribution in [3.05, 3.63) is 59.9 Å². The molecule has 0 saturated carbocycles. The van der Waals surface area contributed by atoms with Crippen molar-refractivity contribution in [3.63, 3.8) is 0 Å². The molecule has 9 heteroatoms. The van der Waals surface area contributed by atoms with Crippen LogP contribution >= 0.6 is 0 Å². The van der Waals surface area contributed by atoms with Crippen LogP contribution in [0.2, 0.25) is 0 Å². The van der Waals surface area contributed by atoms with Crippen LogP contribution in [0.4, 0.5) is 0 Å². The summed E-state index contributed by atoms with van der Waals surface area (Å²) in [5, 5.41) is 2.76. The Kier molecular flexibility index (Phi) is 7.40. The molecule has 1 aliphatic rings. The van der Waals surface area contributed by atoms with E-state index in [-0.39, 0.29) is 23.9 Å². The topological polar surface area (TPSA) is 106 Å². The third-order valence-corrected chi connectivity index (χ3v) is 7.19. The predicted molar refractivity (Wildman–Crippen MR) is 114 cm³/mol. The first-order chi connectivity index (χ1) is 14.8. The molecule has 1 aromatic heterocycles. The van der Waals surface area contributed by atoms with E-state index in [1.807, 2.05) is 31.2 Å². The van der Waals surface area contributed by atoms with Crippen molar-refractivity contribution in [2.75, 3.05) is 13.1 Å². The normalized spacial score (nSPS) is 16.5. The lowest BCUT2D eigenvalue weighted by atomic mass is 9.98. The third kappa shape index (κ3) is 5.89. The molecule has 1 atom stereocenters. The molecule has 166 valence electrons.